The molecule has 1 aliphatic heterocycles. The average molecular weight is 378 g/mol. The van der Waals surface area contributed by atoms with E-state index in [0.29, 0.717) is 18.9 Å². The Bertz CT molecular complexity index is 1040. The molecule has 0 bridgehead atoms. The molecule has 2 aromatic heterocycles. The molecule has 26 heavy (non-hydrogen) atoms. The van der Waals surface area contributed by atoms with Crippen molar-refractivity contribution in [1.29, 1.82) is 0 Å². The first-order valence-electron chi connectivity index (χ1n) is 8.21. The molecule has 4 rings (SSSR count). The van der Waals surface area contributed by atoms with E-state index in [0.717, 1.165) is 23.6 Å². The van der Waals surface area contributed by atoms with Crippen molar-refractivity contribution < 1.29 is 17.2 Å². The highest BCUT2D eigenvalue weighted by atomic mass is 32.2. The second kappa shape index (κ2) is 6.40. The van der Waals surface area contributed by atoms with Gasteiger partial charge in [-0.1, -0.05) is 6.07 Å². The predicted octanol–water partition coefficient (Wildman–Crippen LogP) is 2.58. The normalized spacial score (nSPS) is 17.0. The number of nitrogens with zero attached hydrogens (tertiary/aromatic N) is 4. The van der Waals surface area contributed by atoms with Gasteiger partial charge in [0.1, 0.15) is 17.5 Å². The van der Waals surface area contributed by atoms with Crippen molar-refractivity contribution in [3.05, 3.63) is 60.1 Å². The molecular formula is C17H16F2N4O2S. The fourth-order valence-corrected chi connectivity index (χ4v) is 4.83. The zero-order valence-electron chi connectivity index (χ0n) is 13.7. The van der Waals surface area contributed by atoms with Gasteiger partial charge in [0.2, 0.25) is 10.0 Å². The third-order valence-corrected chi connectivity index (χ3v) is 6.51. The summed E-state index contributed by atoms with van der Waals surface area (Å²) in [6, 6.07) is 7.96. The number of hydrogen-bond donors (Lipinski definition) is 0. The van der Waals surface area contributed by atoms with Gasteiger partial charge >= 0.3 is 0 Å². The van der Waals surface area contributed by atoms with Crippen LogP contribution in [0.2, 0.25) is 0 Å². The molecule has 9 heteroatoms. The van der Waals surface area contributed by atoms with Crippen LogP contribution in [0, 0.1) is 11.6 Å². The number of benzene rings is 1. The van der Waals surface area contributed by atoms with Crippen LogP contribution in [0.5, 0.6) is 0 Å². The van der Waals surface area contributed by atoms with Crippen molar-refractivity contribution in [2.24, 2.45) is 0 Å². The second-order valence-electron chi connectivity index (χ2n) is 6.27. The molecule has 6 nitrogen and oxygen atoms in total. The topological polar surface area (TPSA) is 67.6 Å². The van der Waals surface area contributed by atoms with Crippen molar-refractivity contribution in [2.75, 3.05) is 13.1 Å². The summed E-state index contributed by atoms with van der Waals surface area (Å²) in [5.74, 6) is -0.945. The molecule has 1 fully saturated rings. The number of rotatable bonds is 3. The molecule has 1 aliphatic rings. The Balaban J connectivity index is 1.54. The standard InChI is InChI=1S/C17H16F2N4O2S/c18-13-9-14(19)11-15(10-13)26(24,25)22-7-4-12(5-8-22)17-21-20-16-3-1-2-6-23(16)17/h1-3,6,9-12H,4-5,7-8H2. The average Bonchev–Trinajstić information content (AvgIpc) is 3.05. The molecule has 0 atom stereocenters. The van der Waals surface area contributed by atoms with E-state index in [4.69, 9.17) is 0 Å². The Labute approximate surface area is 149 Å². The fourth-order valence-electron chi connectivity index (χ4n) is 3.32. The van der Waals surface area contributed by atoms with Crippen LogP contribution < -0.4 is 0 Å². The minimum atomic E-state index is -3.93. The monoisotopic (exact) mass is 378 g/mol. The van der Waals surface area contributed by atoms with Gasteiger partial charge in [0.15, 0.2) is 5.65 Å². The van der Waals surface area contributed by atoms with Gasteiger partial charge in [0.25, 0.3) is 0 Å². The Kier molecular flexibility index (Phi) is 4.20. The van der Waals surface area contributed by atoms with Gasteiger partial charge in [0, 0.05) is 31.3 Å². The van der Waals surface area contributed by atoms with Crippen LogP contribution in [0.3, 0.4) is 0 Å². The predicted molar refractivity (Wildman–Crippen MR) is 90.1 cm³/mol. The van der Waals surface area contributed by atoms with Gasteiger partial charge in [-0.2, -0.15) is 4.31 Å². The summed E-state index contributed by atoms with van der Waals surface area (Å²) >= 11 is 0. The summed E-state index contributed by atoms with van der Waals surface area (Å²) in [4.78, 5) is -0.360. The quantitative estimate of drug-likeness (QED) is 0.703. The zero-order valence-corrected chi connectivity index (χ0v) is 14.5. The number of halogens is 2. The van der Waals surface area contributed by atoms with E-state index in [2.05, 4.69) is 10.2 Å². The van der Waals surface area contributed by atoms with Gasteiger partial charge in [-0.3, -0.25) is 4.40 Å². The highest BCUT2D eigenvalue weighted by Crippen LogP contribution is 2.30. The molecule has 0 radical (unpaired) electrons. The maximum Gasteiger partial charge on any atom is 0.243 e. The first-order chi connectivity index (χ1) is 12.4. The molecule has 1 saturated heterocycles. The van der Waals surface area contributed by atoms with Crippen LogP contribution in [0.1, 0.15) is 24.6 Å². The molecule has 3 aromatic rings. The third kappa shape index (κ3) is 2.97. The van der Waals surface area contributed by atoms with Crippen LogP contribution >= 0.6 is 0 Å². The van der Waals surface area contributed by atoms with E-state index in [-0.39, 0.29) is 23.9 Å². The van der Waals surface area contributed by atoms with Crippen molar-refractivity contribution in [2.45, 2.75) is 23.7 Å². The van der Waals surface area contributed by atoms with E-state index < -0.39 is 21.7 Å². The molecule has 0 N–H and O–H groups in total. The van der Waals surface area contributed by atoms with Gasteiger partial charge in [-0.25, -0.2) is 17.2 Å². The van der Waals surface area contributed by atoms with Gasteiger partial charge < -0.3 is 0 Å². The first-order valence-corrected chi connectivity index (χ1v) is 9.65. The van der Waals surface area contributed by atoms with Crippen LogP contribution in [-0.2, 0) is 10.0 Å². The largest absolute Gasteiger partial charge is 0.286 e. The molecule has 0 unspecified atom stereocenters. The zero-order chi connectivity index (χ0) is 18.3. The van der Waals surface area contributed by atoms with Gasteiger partial charge in [0.05, 0.1) is 4.90 Å². The molecule has 0 saturated carbocycles. The Hall–Kier alpha value is -2.39. The smallest absolute Gasteiger partial charge is 0.243 e. The van der Waals surface area contributed by atoms with E-state index >= 15 is 0 Å². The minimum absolute atomic E-state index is 0.0723. The minimum Gasteiger partial charge on any atom is -0.286 e. The first kappa shape index (κ1) is 17.0. The lowest BCUT2D eigenvalue weighted by atomic mass is 9.97. The summed E-state index contributed by atoms with van der Waals surface area (Å²) < 4.78 is 55.2. The van der Waals surface area contributed by atoms with Crippen molar-refractivity contribution in [3.8, 4) is 0 Å². The third-order valence-electron chi connectivity index (χ3n) is 4.63. The molecule has 1 aromatic carbocycles. The summed E-state index contributed by atoms with van der Waals surface area (Å²) in [6.45, 7) is 0.514. The number of hydrogen-bond acceptors (Lipinski definition) is 4. The summed E-state index contributed by atoms with van der Waals surface area (Å²) in [6.07, 6.45) is 3.00. The van der Waals surface area contributed by atoms with Crippen molar-refractivity contribution >= 4 is 15.7 Å². The Morgan fingerprint density at radius 3 is 2.38 bits per heavy atom. The Morgan fingerprint density at radius 2 is 1.69 bits per heavy atom. The maximum atomic E-state index is 13.4. The molecular weight excluding hydrogens is 362 g/mol. The lowest BCUT2D eigenvalue weighted by Gasteiger charge is -2.30. The van der Waals surface area contributed by atoms with E-state index in [1.807, 2.05) is 28.8 Å². The highest BCUT2D eigenvalue weighted by Gasteiger charge is 2.32. The van der Waals surface area contributed by atoms with E-state index in [9.17, 15) is 17.2 Å². The Morgan fingerprint density at radius 1 is 1.00 bits per heavy atom. The van der Waals surface area contributed by atoms with Crippen LogP contribution in [0.15, 0.2) is 47.5 Å². The van der Waals surface area contributed by atoms with Crippen molar-refractivity contribution in [1.82, 2.24) is 18.9 Å². The van der Waals surface area contributed by atoms with E-state index in [1.165, 1.54) is 4.31 Å². The highest BCUT2D eigenvalue weighted by molar-refractivity contribution is 7.89. The summed E-state index contributed by atoms with van der Waals surface area (Å²) in [5.41, 5.74) is 0.743. The lowest BCUT2D eigenvalue weighted by Crippen LogP contribution is -2.38. The molecule has 0 spiro atoms. The molecule has 0 amide bonds. The lowest BCUT2D eigenvalue weighted by molar-refractivity contribution is 0.312. The SMILES string of the molecule is O=S(=O)(c1cc(F)cc(F)c1)N1CCC(c2nnc3ccccn23)CC1. The second-order valence-corrected chi connectivity index (χ2v) is 8.21. The number of pyridine rings is 1. The van der Waals surface area contributed by atoms with Crippen LogP contribution in [-0.4, -0.2) is 40.4 Å². The number of sulfonamides is 1. The van der Waals surface area contributed by atoms with Gasteiger partial charge in [-0.05, 0) is 37.1 Å². The number of piperidine rings is 1. The fraction of sp³-hybridized carbons (Fsp3) is 0.294. The summed E-state index contributed by atoms with van der Waals surface area (Å²) in [7, 11) is -3.93. The van der Waals surface area contributed by atoms with Crippen LogP contribution in [0.25, 0.3) is 5.65 Å². The van der Waals surface area contributed by atoms with Crippen LogP contribution in [0.4, 0.5) is 8.78 Å². The van der Waals surface area contributed by atoms with Crippen molar-refractivity contribution in [3.63, 3.8) is 0 Å². The van der Waals surface area contributed by atoms with Gasteiger partial charge in [-0.15, -0.1) is 10.2 Å². The number of fused-ring (bicyclic) bond motifs is 1. The molecule has 3 heterocycles. The molecule has 0 aliphatic carbocycles. The number of aromatic nitrogens is 3. The summed E-state index contributed by atoms with van der Waals surface area (Å²) in [5, 5.41) is 8.36. The van der Waals surface area contributed by atoms with E-state index in [1.54, 1.807) is 0 Å². The molecule has 136 valence electrons. The maximum absolute atomic E-state index is 13.4.